The molecular formula is C15H17FN4O. The zero-order chi connectivity index (χ0) is 15.4. The predicted molar refractivity (Wildman–Crippen MR) is 78.4 cm³/mol. The monoisotopic (exact) mass is 288 g/mol. The molecule has 5 nitrogen and oxygen atoms in total. The number of aryl methyl sites for hydroxylation is 2. The van der Waals surface area contributed by atoms with Crippen LogP contribution < -0.4 is 11.1 Å². The number of rotatable bonds is 4. The highest BCUT2D eigenvalue weighted by molar-refractivity contribution is 6.05. The lowest BCUT2D eigenvalue weighted by Gasteiger charge is -2.10. The number of benzene rings is 1. The topological polar surface area (TPSA) is 80.9 Å². The number of anilines is 1. The van der Waals surface area contributed by atoms with Gasteiger partial charge in [0.15, 0.2) is 0 Å². The molecule has 1 aromatic carbocycles. The van der Waals surface area contributed by atoms with E-state index in [9.17, 15) is 9.18 Å². The van der Waals surface area contributed by atoms with Crippen molar-refractivity contribution in [3.8, 4) is 0 Å². The molecule has 0 spiro atoms. The Hall–Kier alpha value is -2.34. The molecular weight excluding hydrogens is 271 g/mol. The van der Waals surface area contributed by atoms with Gasteiger partial charge in [0.2, 0.25) is 0 Å². The second-order valence-electron chi connectivity index (χ2n) is 4.67. The largest absolute Gasteiger partial charge is 0.326 e. The van der Waals surface area contributed by atoms with Crippen LogP contribution in [0.25, 0.3) is 0 Å². The van der Waals surface area contributed by atoms with E-state index < -0.39 is 11.7 Å². The zero-order valence-electron chi connectivity index (χ0n) is 12.0. The van der Waals surface area contributed by atoms with Crippen molar-refractivity contribution in [3.05, 3.63) is 52.6 Å². The molecule has 1 amide bonds. The zero-order valence-corrected chi connectivity index (χ0v) is 12.0. The summed E-state index contributed by atoms with van der Waals surface area (Å²) in [6.45, 7) is 3.88. The third-order valence-corrected chi connectivity index (χ3v) is 3.09. The Kier molecular flexibility index (Phi) is 4.59. The van der Waals surface area contributed by atoms with Gasteiger partial charge in [0, 0.05) is 6.54 Å². The molecule has 3 N–H and O–H groups in total. The number of carbonyl (C=O) groups excluding carboxylic acids is 1. The first kappa shape index (κ1) is 15.1. The van der Waals surface area contributed by atoms with E-state index in [0.29, 0.717) is 28.9 Å². The third-order valence-electron chi connectivity index (χ3n) is 3.09. The number of nitrogens with one attached hydrogen (secondary N) is 1. The van der Waals surface area contributed by atoms with E-state index in [1.54, 1.807) is 19.1 Å². The lowest BCUT2D eigenvalue weighted by Crippen LogP contribution is -2.17. The Morgan fingerprint density at radius 3 is 2.71 bits per heavy atom. The lowest BCUT2D eigenvalue weighted by molar-refractivity contribution is 0.102. The predicted octanol–water partition coefficient (Wildman–Crippen LogP) is 2.20. The van der Waals surface area contributed by atoms with E-state index in [0.717, 1.165) is 0 Å². The summed E-state index contributed by atoms with van der Waals surface area (Å²) in [6.07, 6.45) is 0.574. The molecule has 0 unspecified atom stereocenters. The van der Waals surface area contributed by atoms with E-state index >= 15 is 0 Å². The number of hydrogen-bond donors (Lipinski definition) is 2. The van der Waals surface area contributed by atoms with Crippen molar-refractivity contribution in [3.63, 3.8) is 0 Å². The van der Waals surface area contributed by atoms with Crippen molar-refractivity contribution in [1.29, 1.82) is 0 Å². The maximum absolute atomic E-state index is 13.9. The van der Waals surface area contributed by atoms with Crippen LogP contribution >= 0.6 is 0 Å². The molecule has 0 saturated carbocycles. The fraction of sp³-hybridized carbons (Fsp3) is 0.267. The second kappa shape index (κ2) is 6.41. The Bertz CT molecular complexity index is 673. The van der Waals surface area contributed by atoms with Crippen LogP contribution in [0.4, 0.5) is 10.1 Å². The highest BCUT2D eigenvalue weighted by atomic mass is 19.1. The van der Waals surface area contributed by atoms with Gasteiger partial charge in [-0.15, -0.1) is 0 Å². The van der Waals surface area contributed by atoms with Gasteiger partial charge < -0.3 is 11.1 Å². The minimum atomic E-state index is -0.511. The first-order valence-electron chi connectivity index (χ1n) is 6.68. The molecule has 2 aromatic rings. The van der Waals surface area contributed by atoms with E-state index in [1.165, 1.54) is 12.1 Å². The summed E-state index contributed by atoms with van der Waals surface area (Å²) in [5.41, 5.74) is 7.86. The van der Waals surface area contributed by atoms with Gasteiger partial charge in [0.25, 0.3) is 5.91 Å². The average Bonchev–Trinajstić information content (AvgIpc) is 2.49. The highest BCUT2D eigenvalue weighted by Crippen LogP contribution is 2.17. The Labute approximate surface area is 122 Å². The maximum atomic E-state index is 13.9. The Morgan fingerprint density at radius 2 is 2.10 bits per heavy atom. The molecule has 0 bridgehead atoms. The first-order valence-corrected chi connectivity index (χ1v) is 6.68. The molecule has 0 aliphatic rings. The Balaban J connectivity index is 2.28. The molecule has 0 aliphatic carbocycles. The van der Waals surface area contributed by atoms with E-state index in [4.69, 9.17) is 5.73 Å². The van der Waals surface area contributed by atoms with Crippen LogP contribution in [0.2, 0.25) is 0 Å². The molecule has 0 atom stereocenters. The number of halogens is 1. The highest BCUT2D eigenvalue weighted by Gasteiger charge is 2.15. The van der Waals surface area contributed by atoms with Gasteiger partial charge in [0.05, 0.1) is 22.6 Å². The van der Waals surface area contributed by atoms with Crippen LogP contribution in [0.15, 0.2) is 24.3 Å². The van der Waals surface area contributed by atoms with Crippen molar-refractivity contribution in [2.45, 2.75) is 26.8 Å². The minimum Gasteiger partial charge on any atom is -0.326 e. The fourth-order valence-electron chi connectivity index (χ4n) is 1.95. The number of amides is 1. The molecule has 21 heavy (non-hydrogen) atoms. The SMILES string of the molecule is CCc1nnc(C)cc1C(=O)Nc1ccc(CN)cc1F. The van der Waals surface area contributed by atoms with Crippen LogP contribution in [0, 0.1) is 12.7 Å². The third kappa shape index (κ3) is 3.41. The molecule has 110 valence electrons. The van der Waals surface area contributed by atoms with Gasteiger partial charge >= 0.3 is 0 Å². The first-order chi connectivity index (χ1) is 10.0. The van der Waals surface area contributed by atoms with E-state index in [1.807, 2.05) is 6.92 Å². The fourth-order valence-corrected chi connectivity index (χ4v) is 1.95. The standard InChI is InChI=1S/C15H17FN4O/c1-3-13-11(6-9(2)19-20-13)15(21)18-14-5-4-10(8-17)7-12(14)16/h4-7H,3,8,17H2,1-2H3,(H,18,21). The second-order valence-corrected chi connectivity index (χ2v) is 4.67. The average molecular weight is 288 g/mol. The van der Waals surface area contributed by atoms with E-state index in [-0.39, 0.29) is 12.2 Å². The van der Waals surface area contributed by atoms with Crippen molar-refractivity contribution in [2.75, 3.05) is 5.32 Å². The summed E-state index contributed by atoms with van der Waals surface area (Å²) >= 11 is 0. The minimum absolute atomic E-state index is 0.119. The number of carbonyl (C=O) groups is 1. The number of aromatic nitrogens is 2. The van der Waals surface area contributed by atoms with Crippen LogP contribution in [-0.2, 0) is 13.0 Å². The maximum Gasteiger partial charge on any atom is 0.257 e. The number of nitrogens with two attached hydrogens (primary N) is 1. The van der Waals surface area contributed by atoms with Gasteiger partial charge in [-0.3, -0.25) is 4.79 Å². The summed E-state index contributed by atoms with van der Waals surface area (Å²) in [5, 5.41) is 10.5. The summed E-state index contributed by atoms with van der Waals surface area (Å²) in [7, 11) is 0. The lowest BCUT2D eigenvalue weighted by atomic mass is 10.1. The quantitative estimate of drug-likeness (QED) is 0.903. The molecule has 2 rings (SSSR count). The summed E-state index contributed by atoms with van der Waals surface area (Å²) in [4.78, 5) is 12.3. The normalized spacial score (nSPS) is 10.5. The van der Waals surface area contributed by atoms with Crippen molar-refractivity contribution < 1.29 is 9.18 Å². The van der Waals surface area contributed by atoms with Gasteiger partial charge in [-0.2, -0.15) is 10.2 Å². The molecule has 0 saturated heterocycles. The molecule has 1 aromatic heterocycles. The number of hydrogen-bond acceptors (Lipinski definition) is 4. The molecule has 1 heterocycles. The van der Waals surface area contributed by atoms with Gasteiger partial charge in [0.1, 0.15) is 5.82 Å². The summed E-state index contributed by atoms with van der Waals surface area (Å²) in [6, 6.07) is 6.14. The molecule has 0 fully saturated rings. The molecule has 0 aliphatic heterocycles. The van der Waals surface area contributed by atoms with Crippen LogP contribution in [0.5, 0.6) is 0 Å². The van der Waals surface area contributed by atoms with Crippen LogP contribution in [-0.4, -0.2) is 16.1 Å². The van der Waals surface area contributed by atoms with Crippen molar-refractivity contribution >= 4 is 11.6 Å². The van der Waals surface area contributed by atoms with Crippen molar-refractivity contribution in [1.82, 2.24) is 10.2 Å². The summed E-state index contributed by atoms with van der Waals surface area (Å²) in [5.74, 6) is -0.910. The van der Waals surface area contributed by atoms with Crippen LogP contribution in [0.3, 0.4) is 0 Å². The summed E-state index contributed by atoms with van der Waals surface area (Å²) < 4.78 is 13.9. The van der Waals surface area contributed by atoms with Crippen molar-refractivity contribution in [2.24, 2.45) is 5.73 Å². The van der Waals surface area contributed by atoms with E-state index in [2.05, 4.69) is 15.5 Å². The van der Waals surface area contributed by atoms with Gasteiger partial charge in [-0.1, -0.05) is 13.0 Å². The van der Waals surface area contributed by atoms with Gasteiger partial charge in [-0.05, 0) is 37.1 Å². The van der Waals surface area contributed by atoms with Gasteiger partial charge in [-0.25, -0.2) is 4.39 Å². The van der Waals surface area contributed by atoms with Crippen LogP contribution in [0.1, 0.15) is 34.2 Å². The molecule has 0 radical (unpaired) electrons. The molecule has 6 heteroatoms. The smallest absolute Gasteiger partial charge is 0.257 e. The number of nitrogens with zero attached hydrogens (tertiary/aromatic N) is 2. The Morgan fingerprint density at radius 1 is 1.33 bits per heavy atom.